The van der Waals surface area contributed by atoms with Crippen LogP contribution in [-0.2, 0) is 177 Å². The zero-order valence-corrected chi connectivity index (χ0v) is 57.8. The maximum atomic E-state index is 14.0. The summed E-state index contributed by atoms with van der Waals surface area (Å²) in [5.74, 6) is -7.37. The molecule has 580 valence electrons. The molecule has 47 nitrogen and oxygen atoms in total. The minimum absolute atomic E-state index is 0.0230. The van der Waals surface area contributed by atoms with Crippen molar-refractivity contribution in [1.82, 2.24) is 10.6 Å². The molecule has 20 atom stereocenters. The highest BCUT2D eigenvalue weighted by molar-refractivity contribution is 7.82. The number of benzene rings is 3. The number of carbonyl (C=O) groups is 4. The van der Waals surface area contributed by atoms with Gasteiger partial charge in [0.15, 0.2) is 43.3 Å². The third-order valence-electron chi connectivity index (χ3n) is 14.2. The predicted octanol–water partition coefficient (Wildman–Crippen LogP) is -3.94. The zero-order valence-electron chi connectivity index (χ0n) is 52.0. The molecule has 0 saturated carbocycles. The van der Waals surface area contributed by atoms with Crippen LogP contribution in [0.3, 0.4) is 0 Å². The molecule has 4 heterocycles. The molecule has 3 aromatic carbocycles. The normalized spacial score (nSPS) is 30.5. The molecule has 4 fully saturated rings. The fourth-order valence-corrected chi connectivity index (χ4v) is 13.6. The number of aliphatic carboxylic acids is 2. The minimum atomic E-state index is -6.20. The Morgan fingerprint density at radius 2 is 0.718 bits per heavy atom. The second-order valence-electron chi connectivity index (χ2n) is 21.6. The summed E-state index contributed by atoms with van der Waals surface area (Å²) in [5, 5.41) is 26.0. The highest BCUT2D eigenvalue weighted by Crippen LogP contribution is 2.41. The molecular weight excluding hydrogens is 1560 g/mol. The van der Waals surface area contributed by atoms with E-state index < -0.39 is 246 Å². The van der Waals surface area contributed by atoms with Crippen LogP contribution in [0.5, 0.6) is 11.5 Å². The van der Waals surface area contributed by atoms with Crippen LogP contribution >= 0.6 is 0 Å². The van der Waals surface area contributed by atoms with Crippen LogP contribution in [0, 0.1) is 0 Å². The van der Waals surface area contributed by atoms with Crippen molar-refractivity contribution < 1.29 is 202 Å². The first kappa shape index (κ1) is 84.1. The molecule has 3 aromatic rings. The van der Waals surface area contributed by atoms with E-state index in [4.69, 9.17) is 68.8 Å². The van der Waals surface area contributed by atoms with Crippen LogP contribution < -0.4 is 20.1 Å². The highest BCUT2D eigenvalue weighted by Gasteiger charge is 2.62. The summed E-state index contributed by atoms with van der Waals surface area (Å²) in [6, 6.07) is 13.4. The molecule has 11 N–H and O–H groups in total. The largest absolute Gasteiger partial charge is 0.497 e. The standard InChI is InChI=1S/C49H62N2O45S7/c1-22(52)50-30-34(32(92-99(64,65)66)28(20-82-97(58,59)60)85-46(30)84-27-16-14-26(79-3)15-17-27)87-48-42(95-102(73,74)75)36(80-18-24-10-6-4-7-11-24)38(40(90-48)44(54)55)89-47-31(51-23(2)53)35(33(93-100(67,68)69)29(86-47)21-83-98(61,62)63)88-49-43(96-103(76,77)78)37(81-19-25-12-8-5-9-13-25)39(94-101(70,71)72)41(91-49)45(56)57/h4-17,28-43,46-49H,18-21H2,1-3H3,(H,50,52)(H,51,53)(H,54,55)(H,56,57)(H,58,59,60)(H,61,62,63)(H,64,65,66)(H,67,68,69)(H,70,71,72)(H,73,74,75)(H,76,77,78)/t28-,29-,30-,31-,32+,33+,34-,35-,36+,37+,38+,39+,40+,41-,42-,43-,46-,47+,48-,49-/m1/s1. The Kier molecular flexibility index (Phi) is 28.3. The van der Waals surface area contributed by atoms with E-state index in [0.29, 0.717) is 6.92 Å². The van der Waals surface area contributed by atoms with Crippen molar-refractivity contribution in [3.8, 4) is 11.5 Å². The fraction of sp³-hybridized carbons (Fsp3) is 0.551. The SMILES string of the molecule is COc1ccc(O[C@@H]2O[C@H](COS(=O)(=O)O)[C@H](OS(=O)(=O)O)[C@H](O[C@@H]3O[C@H](C(=O)O)[C@@H](O[C@@H]4O[C@H](COS(=O)(=O)O)[C@H](OS(=O)(=O)O)[C@H](O[C@@H]5O[C@@H](C(=O)O)[C@@H](OS(=O)(=O)O)[C@H](OCc6ccccc6)[C@H]5OS(=O)(=O)O)[C@H]4NC(C)=O)[C@H](OCc4ccccc4)[C@H]3OS(=O)(=O)O)[C@H]2NC(C)=O)cc1. The molecule has 54 heteroatoms. The van der Waals surface area contributed by atoms with Crippen LogP contribution in [0.4, 0.5) is 0 Å². The number of nitrogens with one attached hydrogen (secondary N) is 2. The van der Waals surface area contributed by atoms with Gasteiger partial charge in [-0.25, -0.2) is 38.9 Å². The summed E-state index contributed by atoms with van der Waals surface area (Å²) in [6.45, 7) is -3.91. The first-order valence-electron chi connectivity index (χ1n) is 28.4. The van der Waals surface area contributed by atoms with Gasteiger partial charge in [0.1, 0.15) is 84.6 Å². The molecule has 7 rings (SSSR count). The van der Waals surface area contributed by atoms with Crippen molar-refractivity contribution in [1.29, 1.82) is 0 Å². The van der Waals surface area contributed by atoms with Gasteiger partial charge in [-0.05, 0) is 35.4 Å². The van der Waals surface area contributed by atoms with Crippen LogP contribution in [0.2, 0.25) is 0 Å². The monoisotopic (exact) mass is 1620 g/mol. The van der Waals surface area contributed by atoms with Crippen molar-refractivity contribution in [3.05, 3.63) is 96.1 Å². The lowest BCUT2D eigenvalue weighted by atomic mass is 9.93. The Balaban J connectivity index is 1.46. The second kappa shape index (κ2) is 34.6. The molecule has 4 saturated heterocycles. The van der Waals surface area contributed by atoms with Gasteiger partial charge in [0.05, 0.1) is 33.5 Å². The first-order valence-corrected chi connectivity index (χ1v) is 37.9. The maximum absolute atomic E-state index is 14.0. The Bertz CT molecular complexity index is 4260. The van der Waals surface area contributed by atoms with Gasteiger partial charge < -0.3 is 73.0 Å². The molecular formula is C49H62N2O45S7. The Morgan fingerprint density at radius 3 is 1.08 bits per heavy atom. The lowest BCUT2D eigenvalue weighted by Crippen LogP contribution is -2.72. The summed E-state index contributed by atoms with van der Waals surface area (Å²) in [4.78, 5) is 53.8. The second-order valence-corrected chi connectivity index (χ2v) is 29.0. The number of carbonyl (C=O) groups excluding carboxylic acids is 2. The summed E-state index contributed by atoms with van der Waals surface area (Å²) in [5.41, 5.74) is 0.0945. The Morgan fingerprint density at radius 1 is 0.388 bits per heavy atom. The number of carboxylic acids is 2. The average molecular weight is 1620 g/mol. The smallest absolute Gasteiger partial charge is 0.397 e. The summed E-state index contributed by atoms with van der Waals surface area (Å²) < 4.78 is 345. The summed E-state index contributed by atoms with van der Waals surface area (Å²) >= 11 is 0. The molecule has 0 unspecified atom stereocenters. The van der Waals surface area contributed by atoms with Crippen molar-refractivity contribution in [2.24, 2.45) is 0 Å². The van der Waals surface area contributed by atoms with Crippen molar-refractivity contribution >= 4 is 96.5 Å². The molecule has 0 aliphatic carbocycles. The van der Waals surface area contributed by atoms with Gasteiger partial charge in [0, 0.05) is 13.8 Å². The van der Waals surface area contributed by atoms with Gasteiger partial charge in [-0.15, -0.1) is 0 Å². The van der Waals surface area contributed by atoms with E-state index in [1.54, 1.807) is 0 Å². The van der Waals surface area contributed by atoms with E-state index in [0.717, 1.165) is 6.92 Å². The van der Waals surface area contributed by atoms with Gasteiger partial charge in [0.25, 0.3) is 0 Å². The van der Waals surface area contributed by atoms with Crippen molar-refractivity contribution in [2.75, 3.05) is 20.3 Å². The first-order chi connectivity index (χ1) is 47.6. The fourth-order valence-electron chi connectivity index (χ4n) is 10.5. The number of hydrogen-bond acceptors (Lipinski definition) is 36. The molecule has 0 aromatic heterocycles. The third kappa shape index (κ3) is 25.8. The minimum Gasteiger partial charge on any atom is -0.497 e. The molecule has 0 spiro atoms. The van der Waals surface area contributed by atoms with Gasteiger partial charge in [-0.2, -0.15) is 58.9 Å². The molecule has 103 heavy (non-hydrogen) atoms. The lowest BCUT2D eigenvalue weighted by Gasteiger charge is -2.51. The zero-order chi connectivity index (χ0) is 76.5. The number of hydrogen-bond donors (Lipinski definition) is 11. The summed E-state index contributed by atoms with van der Waals surface area (Å²) in [6.07, 6.45) is -51.5. The van der Waals surface area contributed by atoms with Gasteiger partial charge >= 0.3 is 84.7 Å². The quantitative estimate of drug-likeness (QED) is 0.0250. The molecule has 0 radical (unpaired) electrons. The van der Waals surface area contributed by atoms with E-state index in [9.17, 15) is 120 Å². The van der Waals surface area contributed by atoms with E-state index in [1.807, 2.05) is 5.32 Å². The van der Waals surface area contributed by atoms with Crippen LogP contribution in [-0.4, -0.2) is 268 Å². The topological polar surface area (TPSA) is 680 Å². The van der Waals surface area contributed by atoms with Crippen LogP contribution in [0.15, 0.2) is 84.9 Å². The van der Waals surface area contributed by atoms with E-state index >= 15 is 0 Å². The third-order valence-corrected chi connectivity index (χ3v) is 17.4. The summed E-state index contributed by atoms with van der Waals surface area (Å²) in [7, 11) is -40.7. The molecule has 4 aliphatic heterocycles. The lowest BCUT2D eigenvalue weighted by molar-refractivity contribution is -0.366. The van der Waals surface area contributed by atoms with Gasteiger partial charge in [-0.1, -0.05) is 60.7 Å². The number of amides is 2. The van der Waals surface area contributed by atoms with Crippen molar-refractivity contribution in [2.45, 2.75) is 150 Å². The number of rotatable bonds is 35. The number of methoxy groups -OCH3 is 1. The van der Waals surface area contributed by atoms with Gasteiger partial charge in [-0.3, -0.25) is 41.5 Å². The van der Waals surface area contributed by atoms with E-state index in [1.165, 1.54) is 92.0 Å². The number of ether oxygens (including phenoxy) is 11. The molecule has 4 aliphatic rings. The Labute approximate surface area is 583 Å². The van der Waals surface area contributed by atoms with Crippen LogP contribution in [0.25, 0.3) is 0 Å². The molecule has 2 amide bonds. The molecule has 0 bridgehead atoms. The van der Waals surface area contributed by atoms with E-state index in [2.05, 4.69) is 17.9 Å². The van der Waals surface area contributed by atoms with Crippen LogP contribution in [0.1, 0.15) is 25.0 Å². The van der Waals surface area contributed by atoms with Crippen molar-refractivity contribution in [3.63, 3.8) is 0 Å². The van der Waals surface area contributed by atoms with E-state index in [-0.39, 0.29) is 22.6 Å². The van der Waals surface area contributed by atoms with Gasteiger partial charge in [0.2, 0.25) is 18.1 Å². The average Bonchev–Trinajstić information content (AvgIpc) is 0.758. The maximum Gasteiger partial charge on any atom is 0.397 e. The highest BCUT2D eigenvalue weighted by atomic mass is 32.3. The number of carboxylic acid groups (broad SMARTS) is 2. The predicted molar refractivity (Wildman–Crippen MR) is 321 cm³/mol. The Hall–Kier alpha value is -6.13.